The SMILES string of the molecule is O=C(CC1CCCC1)NC1CCCC1CCl. The van der Waals surface area contributed by atoms with E-state index in [1.54, 1.807) is 0 Å². The molecule has 2 aliphatic rings. The van der Waals surface area contributed by atoms with Gasteiger partial charge in [0.15, 0.2) is 0 Å². The summed E-state index contributed by atoms with van der Waals surface area (Å²) in [5.74, 6) is 2.10. The van der Waals surface area contributed by atoms with E-state index in [-0.39, 0.29) is 5.91 Å². The standard InChI is InChI=1S/C13H22ClNO/c14-9-11-6-3-7-12(11)15-13(16)8-10-4-1-2-5-10/h10-12H,1-9H2,(H,15,16). The molecular formula is C13H22ClNO. The molecule has 2 aliphatic carbocycles. The largest absolute Gasteiger partial charge is 0.353 e. The number of carbonyl (C=O) groups is 1. The predicted octanol–water partition coefficient (Wildman–Crippen LogP) is 3.09. The molecule has 0 saturated heterocycles. The third-order valence-electron chi connectivity index (χ3n) is 4.15. The number of halogens is 1. The van der Waals surface area contributed by atoms with Gasteiger partial charge in [-0.2, -0.15) is 0 Å². The van der Waals surface area contributed by atoms with Gasteiger partial charge in [0.2, 0.25) is 5.91 Å². The van der Waals surface area contributed by atoms with Crippen molar-refractivity contribution >= 4 is 17.5 Å². The van der Waals surface area contributed by atoms with Crippen LogP contribution >= 0.6 is 11.6 Å². The van der Waals surface area contributed by atoms with Gasteiger partial charge in [-0.1, -0.05) is 19.3 Å². The van der Waals surface area contributed by atoms with Crippen LogP contribution in [0.15, 0.2) is 0 Å². The first-order chi connectivity index (χ1) is 7.79. The summed E-state index contributed by atoms with van der Waals surface area (Å²) in [6.07, 6.45) is 9.37. The molecule has 2 atom stereocenters. The number of hydrogen-bond donors (Lipinski definition) is 1. The lowest BCUT2D eigenvalue weighted by Crippen LogP contribution is -2.38. The highest BCUT2D eigenvalue weighted by molar-refractivity contribution is 6.18. The molecule has 2 fully saturated rings. The van der Waals surface area contributed by atoms with Crippen LogP contribution in [-0.2, 0) is 4.79 Å². The fraction of sp³-hybridized carbons (Fsp3) is 0.923. The highest BCUT2D eigenvalue weighted by atomic mass is 35.5. The van der Waals surface area contributed by atoms with Crippen molar-refractivity contribution in [1.29, 1.82) is 0 Å². The van der Waals surface area contributed by atoms with E-state index in [1.165, 1.54) is 38.5 Å². The fourth-order valence-corrected chi connectivity index (χ4v) is 3.52. The van der Waals surface area contributed by atoms with Crippen molar-refractivity contribution in [2.75, 3.05) is 5.88 Å². The Morgan fingerprint density at radius 1 is 1.12 bits per heavy atom. The van der Waals surface area contributed by atoms with Crippen LogP contribution < -0.4 is 5.32 Å². The molecule has 3 heteroatoms. The Morgan fingerprint density at radius 2 is 1.88 bits per heavy atom. The van der Waals surface area contributed by atoms with E-state index >= 15 is 0 Å². The zero-order chi connectivity index (χ0) is 11.4. The van der Waals surface area contributed by atoms with Crippen LogP contribution in [0.25, 0.3) is 0 Å². The van der Waals surface area contributed by atoms with Gasteiger partial charge in [-0.05, 0) is 37.5 Å². The number of alkyl halides is 1. The summed E-state index contributed by atoms with van der Waals surface area (Å²) in [4.78, 5) is 11.9. The molecule has 0 aromatic rings. The summed E-state index contributed by atoms with van der Waals surface area (Å²) in [5.41, 5.74) is 0. The van der Waals surface area contributed by atoms with Crippen LogP contribution in [0.3, 0.4) is 0 Å². The Kier molecular flexibility index (Phi) is 4.51. The molecule has 2 unspecified atom stereocenters. The van der Waals surface area contributed by atoms with Crippen LogP contribution in [0, 0.1) is 11.8 Å². The average molecular weight is 244 g/mol. The molecule has 1 N–H and O–H groups in total. The maximum Gasteiger partial charge on any atom is 0.220 e. The van der Waals surface area contributed by atoms with E-state index in [1.807, 2.05) is 0 Å². The Bertz CT molecular complexity index is 238. The second-order valence-corrected chi connectivity index (χ2v) is 5.68. The zero-order valence-corrected chi connectivity index (χ0v) is 10.6. The lowest BCUT2D eigenvalue weighted by molar-refractivity contribution is -0.122. The summed E-state index contributed by atoms with van der Waals surface area (Å²) in [6.45, 7) is 0. The lowest BCUT2D eigenvalue weighted by atomic mass is 10.0. The molecule has 2 rings (SSSR count). The molecule has 0 aromatic heterocycles. The fourth-order valence-electron chi connectivity index (χ4n) is 3.15. The second kappa shape index (κ2) is 5.90. The molecule has 2 nitrogen and oxygen atoms in total. The van der Waals surface area contributed by atoms with Crippen molar-refractivity contribution in [2.45, 2.75) is 57.4 Å². The molecule has 0 aliphatic heterocycles. The van der Waals surface area contributed by atoms with Gasteiger partial charge in [-0.3, -0.25) is 4.79 Å². The highest BCUT2D eigenvalue weighted by Crippen LogP contribution is 2.29. The maximum absolute atomic E-state index is 11.9. The first kappa shape index (κ1) is 12.2. The minimum atomic E-state index is 0.258. The summed E-state index contributed by atoms with van der Waals surface area (Å²) in [5, 5.41) is 3.18. The third kappa shape index (κ3) is 3.13. The van der Waals surface area contributed by atoms with E-state index in [9.17, 15) is 4.79 Å². The van der Waals surface area contributed by atoms with E-state index in [0.29, 0.717) is 23.8 Å². The van der Waals surface area contributed by atoms with Crippen molar-refractivity contribution in [2.24, 2.45) is 11.8 Å². The van der Waals surface area contributed by atoms with Crippen LogP contribution in [-0.4, -0.2) is 17.8 Å². The Labute approximate surface area is 103 Å². The number of hydrogen-bond acceptors (Lipinski definition) is 1. The number of carbonyl (C=O) groups excluding carboxylic acids is 1. The van der Waals surface area contributed by atoms with Crippen molar-refractivity contribution in [3.05, 3.63) is 0 Å². The van der Waals surface area contributed by atoms with E-state index in [4.69, 9.17) is 11.6 Å². The molecule has 92 valence electrons. The summed E-state index contributed by atoms with van der Waals surface area (Å²) in [7, 11) is 0. The third-order valence-corrected chi connectivity index (χ3v) is 4.55. The van der Waals surface area contributed by atoms with Crippen LogP contribution in [0.1, 0.15) is 51.4 Å². The average Bonchev–Trinajstić information content (AvgIpc) is 2.88. The minimum absolute atomic E-state index is 0.258. The molecule has 2 saturated carbocycles. The van der Waals surface area contributed by atoms with Crippen molar-refractivity contribution in [3.63, 3.8) is 0 Å². The number of amides is 1. The lowest BCUT2D eigenvalue weighted by Gasteiger charge is -2.20. The molecule has 0 radical (unpaired) electrons. The van der Waals surface area contributed by atoms with Crippen molar-refractivity contribution < 1.29 is 4.79 Å². The maximum atomic E-state index is 11.9. The van der Waals surface area contributed by atoms with Gasteiger partial charge in [0.05, 0.1) is 0 Å². The quantitative estimate of drug-likeness (QED) is 0.756. The van der Waals surface area contributed by atoms with Gasteiger partial charge in [0.1, 0.15) is 0 Å². The predicted molar refractivity (Wildman–Crippen MR) is 66.6 cm³/mol. The monoisotopic (exact) mass is 243 g/mol. The molecule has 16 heavy (non-hydrogen) atoms. The smallest absolute Gasteiger partial charge is 0.220 e. The van der Waals surface area contributed by atoms with Gasteiger partial charge in [0.25, 0.3) is 0 Å². The van der Waals surface area contributed by atoms with Gasteiger partial charge in [-0.25, -0.2) is 0 Å². The second-order valence-electron chi connectivity index (χ2n) is 5.37. The van der Waals surface area contributed by atoms with E-state index in [0.717, 1.165) is 12.8 Å². The van der Waals surface area contributed by atoms with Crippen molar-refractivity contribution in [1.82, 2.24) is 5.32 Å². The van der Waals surface area contributed by atoms with Gasteiger partial charge < -0.3 is 5.32 Å². The van der Waals surface area contributed by atoms with Gasteiger partial charge in [-0.15, -0.1) is 11.6 Å². The Hall–Kier alpha value is -0.240. The molecule has 0 bridgehead atoms. The Balaban J connectivity index is 1.73. The van der Waals surface area contributed by atoms with Gasteiger partial charge >= 0.3 is 0 Å². The first-order valence-corrected chi connectivity index (χ1v) is 7.18. The first-order valence-electron chi connectivity index (χ1n) is 6.65. The molecular weight excluding hydrogens is 222 g/mol. The summed E-state index contributed by atoms with van der Waals surface area (Å²) in [6, 6.07) is 0.353. The minimum Gasteiger partial charge on any atom is -0.353 e. The summed E-state index contributed by atoms with van der Waals surface area (Å²) < 4.78 is 0. The number of nitrogens with one attached hydrogen (secondary N) is 1. The van der Waals surface area contributed by atoms with Crippen LogP contribution in [0.5, 0.6) is 0 Å². The van der Waals surface area contributed by atoms with Gasteiger partial charge in [0, 0.05) is 18.3 Å². The molecule has 0 aromatic carbocycles. The highest BCUT2D eigenvalue weighted by Gasteiger charge is 2.28. The molecule has 0 spiro atoms. The molecule has 1 amide bonds. The van der Waals surface area contributed by atoms with Crippen LogP contribution in [0.2, 0.25) is 0 Å². The zero-order valence-electron chi connectivity index (χ0n) is 9.88. The topological polar surface area (TPSA) is 29.1 Å². The normalized spacial score (nSPS) is 30.8. The Morgan fingerprint density at radius 3 is 2.56 bits per heavy atom. The molecule has 0 heterocycles. The van der Waals surface area contributed by atoms with Crippen molar-refractivity contribution in [3.8, 4) is 0 Å². The van der Waals surface area contributed by atoms with E-state index in [2.05, 4.69) is 5.32 Å². The van der Waals surface area contributed by atoms with E-state index < -0.39 is 0 Å². The summed E-state index contributed by atoms with van der Waals surface area (Å²) >= 11 is 5.90. The number of rotatable bonds is 4. The van der Waals surface area contributed by atoms with Crippen LogP contribution in [0.4, 0.5) is 0 Å².